The third-order valence-corrected chi connectivity index (χ3v) is 2.68. The minimum Gasteiger partial charge on any atom is -0.298 e. The maximum atomic E-state index is 12.5. The van der Waals surface area contributed by atoms with Crippen molar-refractivity contribution >= 4 is 17.9 Å². The number of aromatic nitrogens is 1. The molecular formula is C15H10F3NO. The molecule has 0 spiro atoms. The molecular weight excluding hydrogens is 267 g/mol. The second-order valence-electron chi connectivity index (χ2n) is 4.08. The van der Waals surface area contributed by atoms with Crippen molar-refractivity contribution in [2.75, 3.05) is 0 Å². The van der Waals surface area contributed by atoms with Gasteiger partial charge in [-0.1, -0.05) is 18.2 Å². The van der Waals surface area contributed by atoms with Crippen LogP contribution in [0.15, 0.2) is 48.8 Å². The molecule has 0 atom stereocenters. The Kier molecular flexibility index (Phi) is 3.98. The number of hydrogen-bond donors (Lipinski definition) is 0. The van der Waals surface area contributed by atoms with Gasteiger partial charge in [0.25, 0.3) is 0 Å². The zero-order chi connectivity index (χ0) is 14.6. The minimum atomic E-state index is -4.38. The predicted octanol–water partition coefficient (Wildman–Crippen LogP) is 3.84. The molecule has 2 rings (SSSR count). The summed E-state index contributed by atoms with van der Waals surface area (Å²) in [5.41, 5.74) is 0.686. The van der Waals surface area contributed by atoms with Crippen molar-refractivity contribution in [2.45, 2.75) is 6.18 Å². The number of rotatable bonds is 3. The zero-order valence-electron chi connectivity index (χ0n) is 10.3. The number of carbonyl (C=O) groups is 1. The fourth-order valence-corrected chi connectivity index (χ4v) is 1.68. The van der Waals surface area contributed by atoms with Crippen LogP contribution in [-0.2, 0) is 11.0 Å². The van der Waals surface area contributed by atoms with Crippen molar-refractivity contribution in [1.29, 1.82) is 0 Å². The molecule has 0 bridgehead atoms. The van der Waals surface area contributed by atoms with Gasteiger partial charge in [0.2, 0.25) is 0 Å². The molecule has 2 aromatic rings. The van der Waals surface area contributed by atoms with Gasteiger partial charge in [-0.05, 0) is 35.4 Å². The van der Waals surface area contributed by atoms with Crippen LogP contribution in [0.4, 0.5) is 13.2 Å². The monoisotopic (exact) mass is 277 g/mol. The van der Waals surface area contributed by atoms with Gasteiger partial charge in [-0.25, -0.2) is 0 Å². The van der Waals surface area contributed by atoms with E-state index in [1.54, 1.807) is 30.6 Å². The van der Waals surface area contributed by atoms with Crippen LogP contribution >= 0.6 is 0 Å². The molecule has 102 valence electrons. The SMILES string of the molecule is O=C/C(=C\c1cccnc1)c1ccc(C(F)(F)F)cc1. The summed E-state index contributed by atoms with van der Waals surface area (Å²) in [5, 5.41) is 0. The molecule has 0 aliphatic rings. The number of allylic oxidation sites excluding steroid dienone is 1. The van der Waals surface area contributed by atoms with Crippen molar-refractivity contribution in [3.8, 4) is 0 Å². The van der Waals surface area contributed by atoms with Gasteiger partial charge in [-0.3, -0.25) is 9.78 Å². The third-order valence-electron chi connectivity index (χ3n) is 2.68. The highest BCUT2D eigenvalue weighted by Gasteiger charge is 2.29. The summed E-state index contributed by atoms with van der Waals surface area (Å²) in [6.07, 6.45) is 0.953. The van der Waals surface area contributed by atoms with Crippen LogP contribution < -0.4 is 0 Å². The maximum Gasteiger partial charge on any atom is 0.416 e. The summed E-state index contributed by atoms with van der Waals surface area (Å²) >= 11 is 0. The van der Waals surface area contributed by atoms with Crippen LogP contribution in [0.25, 0.3) is 11.6 Å². The molecule has 1 heterocycles. The number of carbonyl (C=O) groups excluding carboxylic acids is 1. The topological polar surface area (TPSA) is 30.0 Å². The first-order valence-corrected chi connectivity index (χ1v) is 5.75. The second-order valence-corrected chi connectivity index (χ2v) is 4.08. The van der Waals surface area contributed by atoms with E-state index >= 15 is 0 Å². The summed E-state index contributed by atoms with van der Waals surface area (Å²) in [6.45, 7) is 0. The lowest BCUT2D eigenvalue weighted by molar-refractivity contribution is -0.137. The first-order chi connectivity index (χ1) is 9.50. The summed E-state index contributed by atoms with van der Waals surface area (Å²) in [4.78, 5) is 15.0. The number of alkyl halides is 3. The lowest BCUT2D eigenvalue weighted by Crippen LogP contribution is -2.04. The van der Waals surface area contributed by atoms with E-state index in [-0.39, 0.29) is 0 Å². The van der Waals surface area contributed by atoms with Gasteiger partial charge in [0.05, 0.1) is 5.56 Å². The van der Waals surface area contributed by atoms with E-state index in [0.717, 1.165) is 12.1 Å². The van der Waals surface area contributed by atoms with E-state index in [0.29, 0.717) is 23.0 Å². The van der Waals surface area contributed by atoms with Gasteiger partial charge < -0.3 is 0 Å². The highest BCUT2D eigenvalue weighted by Crippen LogP contribution is 2.30. The largest absolute Gasteiger partial charge is 0.416 e. The predicted molar refractivity (Wildman–Crippen MR) is 69.6 cm³/mol. The second kappa shape index (κ2) is 5.69. The number of aldehydes is 1. The molecule has 5 heteroatoms. The Hall–Kier alpha value is -2.43. The summed E-state index contributed by atoms with van der Waals surface area (Å²) in [6, 6.07) is 7.92. The van der Waals surface area contributed by atoms with Crippen molar-refractivity contribution in [2.24, 2.45) is 0 Å². The van der Waals surface area contributed by atoms with Gasteiger partial charge in [0.15, 0.2) is 6.29 Å². The van der Waals surface area contributed by atoms with Crippen molar-refractivity contribution in [1.82, 2.24) is 4.98 Å². The zero-order valence-corrected chi connectivity index (χ0v) is 10.3. The van der Waals surface area contributed by atoms with Gasteiger partial charge in [0, 0.05) is 18.0 Å². The molecule has 0 unspecified atom stereocenters. The van der Waals surface area contributed by atoms with Crippen molar-refractivity contribution in [3.05, 3.63) is 65.5 Å². The first-order valence-electron chi connectivity index (χ1n) is 5.75. The Labute approximate surface area is 113 Å². The third kappa shape index (κ3) is 3.32. The van der Waals surface area contributed by atoms with E-state index in [2.05, 4.69) is 4.98 Å². The Morgan fingerprint density at radius 1 is 1.10 bits per heavy atom. The molecule has 1 aromatic heterocycles. The lowest BCUT2D eigenvalue weighted by atomic mass is 10.0. The van der Waals surface area contributed by atoms with E-state index in [1.165, 1.54) is 12.1 Å². The maximum absolute atomic E-state index is 12.5. The molecule has 20 heavy (non-hydrogen) atoms. The highest BCUT2D eigenvalue weighted by molar-refractivity contribution is 6.13. The molecule has 0 N–H and O–H groups in total. The number of hydrogen-bond acceptors (Lipinski definition) is 2. The van der Waals surface area contributed by atoms with Gasteiger partial charge in [0.1, 0.15) is 0 Å². The van der Waals surface area contributed by atoms with Crippen LogP contribution in [0, 0.1) is 0 Å². The van der Waals surface area contributed by atoms with Gasteiger partial charge in [-0.15, -0.1) is 0 Å². The van der Waals surface area contributed by atoms with Crippen LogP contribution in [0.5, 0.6) is 0 Å². The van der Waals surface area contributed by atoms with Crippen LogP contribution in [0.2, 0.25) is 0 Å². The van der Waals surface area contributed by atoms with E-state index in [1.807, 2.05) is 0 Å². The number of nitrogens with zero attached hydrogens (tertiary/aromatic N) is 1. The standard InChI is InChI=1S/C15H10F3NO/c16-15(17,18)14-5-3-12(4-6-14)13(10-20)8-11-2-1-7-19-9-11/h1-10H/b13-8+. The fourth-order valence-electron chi connectivity index (χ4n) is 1.68. The van der Waals surface area contributed by atoms with E-state index < -0.39 is 11.7 Å². The molecule has 0 fully saturated rings. The van der Waals surface area contributed by atoms with Crippen LogP contribution in [0.1, 0.15) is 16.7 Å². The average molecular weight is 277 g/mol. The quantitative estimate of drug-likeness (QED) is 0.630. The lowest BCUT2D eigenvalue weighted by Gasteiger charge is -2.07. The van der Waals surface area contributed by atoms with Crippen LogP contribution in [-0.4, -0.2) is 11.3 Å². The van der Waals surface area contributed by atoms with Gasteiger partial charge in [-0.2, -0.15) is 13.2 Å². The number of halogens is 3. The van der Waals surface area contributed by atoms with Crippen molar-refractivity contribution < 1.29 is 18.0 Å². The normalized spacial score (nSPS) is 12.2. The van der Waals surface area contributed by atoms with E-state index in [4.69, 9.17) is 0 Å². The molecule has 1 aromatic carbocycles. The number of benzene rings is 1. The average Bonchev–Trinajstić information content (AvgIpc) is 2.45. The fraction of sp³-hybridized carbons (Fsp3) is 0.0667. The molecule has 0 saturated carbocycles. The van der Waals surface area contributed by atoms with Crippen LogP contribution in [0.3, 0.4) is 0 Å². The molecule has 0 amide bonds. The molecule has 0 saturated heterocycles. The minimum absolute atomic E-state index is 0.298. The summed E-state index contributed by atoms with van der Waals surface area (Å²) in [7, 11) is 0. The number of pyridine rings is 1. The summed E-state index contributed by atoms with van der Waals surface area (Å²) < 4.78 is 37.4. The summed E-state index contributed by atoms with van der Waals surface area (Å²) in [5.74, 6) is 0. The molecule has 0 aliphatic heterocycles. The Morgan fingerprint density at radius 3 is 2.30 bits per heavy atom. The smallest absolute Gasteiger partial charge is 0.298 e. The molecule has 2 nitrogen and oxygen atoms in total. The highest BCUT2D eigenvalue weighted by atomic mass is 19.4. The van der Waals surface area contributed by atoms with E-state index in [9.17, 15) is 18.0 Å². The molecule has 0 aliphatic carbocycles. The first kappa shape index (κ1) is 14.0. The Bertz CT molecular complexity index is 616. The van der Waals surface area contributed by atoms with Gasteiger partial charge >= 0.3 is 6.18 Å². The van der Waals surface area contributed by atoms with Crippen molar-refractivity contribution in [3.63, 3.8) is 0 Å². The Balaban J connectivity index is 2.34. The Morgan fingerprint density at radius 2 is 1.80 bits per heavy atom. The molecule has 0 radical (unpaired) electrons.